The van der Waals surface area contributed by atoms with Crippen molar-refractivity contribution in [1.82, 2.24) is 0 Å². The molecule has 0 aromatic carbocycles. The molecule has 0 fully saturated rings. The van der Waals surface area contributed by atoms with Crippen LogP contribution >= 0.6 is 21.5 Å². The van der Waals surface area contributed by atoms with E-state index in [4.69, 9.17) is 12.8 Å². The van der Waals surface area contributed by atoms with Crippen LogP contribution in [0.1, 0.15) is 0 Å². The van der Waals surface area contributed by atoms with Crippen molar-refractivity contribution in [3.05, 3.63) is 0 Å². The van der Waals surface area contributed by atoms with Crippen molar-refractivity contribution in [2.45, 2.75) is 0 Å². The summed E-state index contributed by atoms with van der Waals surface area (Å²) in [4.78, 5) is 0. The summed E-state index contributed by atoms with van der Waals surface area (Å²) < 4.78 is 15.2. The summed E-state index contributed by atoms with van der Waals surface area (Å²) in [5.41, 5.74) is 0. The van der Waals surface area contributed by atoms with Crippen LogP contribution in [0.5, 0.6) is 0 Å². The zero-order chi connectivity index (χ0) is 10.0. The molecule has 0 unspecified atom stereocenters. The topological polar surface area (TPSA) is 26.3 Å². The molecule has 0 spiro atoms. The Labute approximate surface area is 99.0 Å². The second-order valence-electron chi connectivity index (χ2n) is 3.02. The summed E-state index contributed by atoms with van der Waals surface area (Å²) in [6, 6.07) is 0. The Kier molecular flexibility index (Phi) is 14.9. The van der Waals surface area contributed by atoms with Gasteiger partial charge in [-0.05, 0) is 0 Å². The third kappa shape index (κ3) is 22.6. The van der Waals surface area contributed by atoms with E-state index in [1.54, 1.807) is 0 Å². The number of hydrogen-bond acceptors (Lipinski definition) is 2. The van der Waals surface area contributed by atoms with Crippen LogP contribution in [0, 0.1) is 0 Å². The van der Waals surface area contributed by atoms with Gasteiger partial charge in [0, 0.05) is 0 Å². The first-order valence-electron chi connectivity index (χ1n) is 3.35. The molecule has 0 amide bonds. The van der Waals surface area contributed by atoms with Crippen LogP contribution < -0.4 is 0 Å². The van der Waals surface area contributed by atoms with Crippen LogP contribution in [0.15, 0.2) is 0 Å². The van der Waals surface area contributed by atoms with Crippen LogP contribution in [0.3, 0.4) is 0 Å². The zero-order valence-corrected chi connectivity index (χ0v) is 12.2. The van der Waals surface area contributed by atoms with E-state index < -0.39 is 30.8 Å². The normalized spacial score (nSPS) is 10.1. The maximum atomic E-state index is 9.76. The molecular weight excluding hydrogens is 248 g/mol. The molecule has 12 heavy (non-hydrogen) atoms. The molecule has 0 aliphatic rings. The molecule has 0 radical (unpaired) electrons. The van der Waals surface area contributed by atoms with Crippen LogP contribution in [-0.4, -0.2) is 69.6 Å². The molecule has 3 nitrogen and oxygen atoms in total. The van der Waals surface area contributed by atoms with Crippen molar-refractivity contribution < 1.29 is 13.6 Å². The number of likely N-dealkylation sites (N-methyl/N-ethyl adjacent to an activating group) is 1. The Morgan fingerprint density at radius 2 is 1.83 bits per heavy atom. The summed E-state index contributed by atoms with van der Waals surface area (Å²) in [7, 11) is 5.96. The molecule has 0 atom stereocenters. The monoisotopic (exact) mass is 260 g/mol. The van der Waals surface area contributed by atoms with Gasteiger partial charge >= 0.3 is 52.3 Å². The Balaban J connectivity index is 0. The third-order valence-corrected chi connectivity index (χ3v) is 1.19. The third-order valence-electron chi connectivity index (χ3n) is 0.906. The SMILES string of the molecule is C[N+](C)(C)CCOP=O.[Cl][Ca][Cl]. The fourth-order valence-electron chi connectivity index (χ4n) is 0.352. The molecule has 0 N–H and O–H groups in total. The van der Waals surface area contributed by atoms with Gasteiger partial charge in [-0.1, -0.05) is 0 Å². The van der Waals surface area contributed by atoms with Crippen LogP contribution in [0.2, 0.25) is 0 Å². The molecule has 7 heteroatoms. The second-order valence-corrected chi connectivity index (χ2v) is 7.08. The van der Waals surface area contributed by atoms with Gasteiger partial charge in [-0.2, -0.15) is 0 Å². The van der Waals surface area contributed by atoms with Crippen molar-refractivity contribution in [2.75, 3.05) is 34.3 Å². The van der Waals surface area contributed by atoms with Gasteiger partial charge in [0.05, 0.1) is 21.1 Å². The molecule has 0 saturated heterocycles. The van der Waals surface area contributed by atoms with Gasteiger partial charge in [-0.25, -0.2) is 4.57 Å². The fraction of sp³-hybridized carbons (Fsp3) is 1.00. The molecule has 0 aromatic rings. The van der Waals surface area contributed by atoms with E-state index in [1.165, 1.54) is 0 Å². The quantitative estimate of drug-likeness (QED) is 0.334. The first-order chi connectivity index (χ1) is 5.47. The number of rotatable bonds is 4. The zero-order valence-electron chi connectivity index (χ0n) is 7.59. The standard InChI is InChI=1S/C5H13NO2P.Ca.2ClH/c1-6(2,3)4-5-8-9-7;;;/h4-5H2,1-3H3;;2*1H/q+1;+2;;/p-2. The molecule has 0 aliphatic heterocycles. The molecule has 0 aliphatic carbocycles. The molecule has 0 rings (SSSR count). The molecular formula is C5H13CaCl2NO2P+. The van der Waals surface area contributed by atoms with Crippen molar-refractivity contribution in [3.8, 4) is 0 Å². The van der Waals surface area contributed by atoms with E-state index in [9.17, 15) is 4.57 Å². The Morgan fingerprint density at radius 3 is 2.08 bits per heavy atom. The number of quaternary nitrogens is 1. The predicted molar refractivity (Wildman–Crippen MR) is 53.9 cm³/mol. The van der Waals surface area contributed by atoms with Gasteiger partial charge in [0.2, 0.25) is 0 Å². The van der Waals surface area contributed by atoms with Gasteiger partial charge < -0.3 is 4.48 Å². The van der Waals surface area contributed by atoms with Gasteiger partial charge in [0.25, 0.3) is 0 Å². The Hall–Kier alpha value is 1.86. The minimum absolute atomic E-state index is 0.217. The molecule has 0 bridgehead atoms. The number of halogens is 2. The van der Waals surface area contributed by atoms with E-state index in [0.29, 0.717) is 6.61 Å². The average molecular weight is 261 g/mol. The summed E-state index contributed by atoms with van der Waals surface area (Å²) in [6.07, 6.45) is 9.90. The van der Waals surface area contributed by atoms with Crippen LogP contribution in [-0.2, 0) is 9.09 Å². The minimum atomic E-state index is -0.931. The summed E-state index contributed by atoms with van der Waals surface area (Å²) in [5.74, 6) is 0. The van der Waals surface area contributed by atoms with Gasteiger partial charge in [-0.15, -0.1) is 0 Å². The molecule has 0 heterocycles. The van der Waals surface area contributed by atoms with Crippen LogP contribution in [0.25, 0.3) is 0 Å². The van der Waals surface area contributed by atoms with Gasteiger partial charge in [0.1, 0.15) is 13.2 Å². The van der Waals surface area contributed by atoms with Crippen LogP contribution in [0.4, 0.5) is 0 Å². The second kappa shape index (κ2) is 10.9. The Bertz CT molecular complexity index is 112. The van der Waals surface area contributed by atoms with Crippen molar-refractivity contribution in [1.29, 1.82) is 0 Å². The number of nitrogens with zero attached hydrogens (tertiary/aromatic N) is 1. The summed E-state index contributed by atoms with van der Waals surface area (Å²) in [5, 5.41) is 0. The summed E-state index contributed by atoms with van der Waals surface area (Å²) in [6.45, 7) is 1.43. The van der Waals surface area contributed by atoms with E-state index in [0.717, 1.165) is 11.0 Å². The van der Waals surface area contributed by atoms with E-state index in [2.05, 4.69) is 25.7 Å². The fourth-order valence-corrected chi connectivity index (χ4v) is 0.508. The Morgan fingerprint density at radius 1 is 1.42 bits per heavy atom. The predicted octanol–water partition coefficient (Wildman–Crippen LogP) is 1.91. The molecule has 0 aromatic heterocycles. The van der Waals surface area contributed by atoms with E-state index in [-0.39, 0.29) is 8.69 Å². The van der Waals surface area contributed by atoms with Gasteiger partial charge in [-0.3, -0.25) is 4.52 Å². The van der Waals surface area contributed by atoms with Crippen molar-refractivity contribution in [3.63, 3.8) is 0 Å². The van der Waals surface area contributed by atoms with E-state index in [1.807, 2.05) is 0 Å². The van der Waals surface area contributed by atoms with Gasteiger partial charge in [0.15, 0.2) is 0 Å². The average Bonchev–Trinajstić information content (AvgIpc) is 1.87. The maximum absolute atomic E-state index is 9.76. The van der Waals surface area contributed by atoms with Crippen molar-refractivity contribution in [2.24, 2.45) is 0 Å². The van der Waals surface area contributed by atoms with E-state index >= 15 is 0 Å². The van der Waals surface area contributed by atoms with Crippen molar-refractivity contribution >= 4 is 52.3 Å². The first-order valence-corrected chi connectivity index (χ1v) is 10.2. The molecule has 0 saturated carbocycles. The summed E-state index contributed by atoms with van der Waals surface area (Å²) >= 11 is -0.931. The number of hydrogen-bond donors (Lipinski definition) is 0. The first kappa shape index (κ1) is 16.3. The molecule has 70 valence electrons.